The zero-order valence-electron chi connectivity index (χ0n) is 8.88. The molecule has 1 rings (SSSR count). The van der Waals surface area contributed by atoms with Crippen molar-refractivity contribution in [1.29, 1.82) is 0 Å². The summed E-state index contributed by atoms with van der Waals surface area (Å²) in [5, 5.41) is 8.98. The average Bonchev–Trinajstić information content (AvgIpc) is 2.25. The first-order chi connectivity index (χ1) is 7.52. The van der Waals surface area contributed by atoms with Gasteiger partial charge in [0.2, 0.25) is 5.91 Å². The van der Waals surface area contributed by atoms with Gasteiger partial charge >= 0.3 is 5.97 Å². The number of carboxylic acid groups (broad SMARTS) is 1. The predicted octanol–water partition coefficient (Wildman–Crippen LogP) is 1.29. The Morgan fingerprint density at radius 1 is 1.31 bits per heavy atom. The molecule has 84 valence electrons. The Morgan fingerprint density at radius 2 is 1.88 bits per heavy atom. The summed E-state index contributed by atoms with van der Waals surface area (Å²) < 4.78 is 0. The highest BCUT2D eigenvalue weighted by Crippen LogP contribution is 2.23. The maximum atomic E-state index is 11.0. The molecule has 3 N–H and O–H groups in total. The van der Waals surface area contributed by atoms with E-state index in [1.165, 1.54) is 0 Å². The lowest BCUT2D eigenvalue weighted by atomic mass is 9.92. The number of hydrogen-bond donors (Lipinski definition) is 2. The van der Waals surface area contributed by atoms with Gasteiger partial charge in [-0.2, -0.15) is 0 Å². The first-order valence-corrected chi connectivity index (χ1v) is 4.81. The summed E-state index contributed by atoms with van der Waals surface area (Å²) in [6, 6.07) is 9.09. The largest absolute Gasteiger partial charge is 0.478 e. The zero-order chi connectivity index (χ0) is 12.1. The van der Waals surface area contributed by atoms with Gasteiger partial charge in [-0.25, -0.2) is 4.79 Å². The summed E-state index contributed by atoms with van der Waals surface area (Å²) in [6.45, 7) is 1.72. The summed E-state index contributed by atoms with van der Waals surface area (Å²) in [5.74, 6) is -2.25. The van der Waals surface area contributed by atoms with Crippen LogP contribution >= 0.6 is 0 Å². The van der Waals surface area contributed by atoms with Gasteiger partial charge in [-0.15, -0.1) is 0 Å². The first-order valence-electron chi connectivity index (χ1n) is 4.81. The Labute approximate surface area is 93.4 Å². The summed E-state index contributed by atoms with van der Waals surface area (Å²) >= 11 is 0. The minimum atomic E-state index is -1.13. The Balaban J connectivity index is 3.06. The van der Waals surface area contributed by atoms with Crippen molar-refractivity contribution < 1.29 is 14.7 Å². The van der Waals surface area contributed by atoms with E-state index in [1.54, 1.807) is 6.92 Å². The van der Waals surface area contributed by atoms with Crippen LogP contribution in [0.5, 0.6) is 0 Å². The van der Waals surface area contributed by atoms with E-state index in [1.807, 2.05) is 30.3 Å². The number of primary amides is 1. The molecule has 4 heteroatoms. The van der Waals surface area contributed by atoms with Gasteiger partial charge in [0.1, 0.15) is 0 Å². The number of carbonyl (C=O) groups is 2. The third-order valence-electron chi connectivity index (χ3n) is 2.31. The molecule has 0 bridgehead atoms. The van der Waals surface area contributed by atoms with E-state index in [0.29, 0.717) is 0 Å². The molecule has 0 aliphatic heterocycles. The number of nitrogens with two attached hydrogens (primary N) is 1. The molecule has 1 unspecified atom stereocenters. The van der Waals surface area contributed by atoms with Crippen molar-refractivity contribution in [3.05, 3.63) is 47.5 Å². The normalized spacial score (nSPS) is 13.2. The highest BCUT2D eigenvalue weighted by Gasteiger charge is 2.18. The maximum Gasteiger partial charge on any atom is 0.332 e. The number of carboxylic acids is 1. The first kappa shape index (κ1) is 12.0. The van der Waals surface area contributed by atoms with E-state index < -0.39 is 11.9 Å². The van der Waals surface area contributed by atoms with Crippen molar-refractivity contribution in [2.75, 3.05) is 0 Å². The van der Waals surface area contributed by atoms with Gasteiger partial charge in [0.05, 0.1) is 0 Å². The van der Waals surface area contributed by atoms with Crippen molar-refractivity contribution in [3.8, 4) is 0 Å². The molecule has 1 aromatic carbocycles. The third-order valence-corrected chi connectivity index (χ3v) is 2.31. The number of carbonyl (C=O) groups excluding carboxylic acids is 1. The topological polar surface area (TPSA) is 80.4 Å². The second-order valence-electron chi connectivity index (χ2n) is 3.44. The molecule has 0 saturated carbocycles. The lowest BCUT2D eigenvalue weighted by Gasteiger charge is -2.12. The Morgan fingerprint density at radius 3 is 2.31 bits per heavy atom. The number of hydrogen-bond acceptors (Lipinski definition) is 2. The zero-order valence-corrected chi connectivity index (χ0v) is 8.88. The second-order valence-corrected chi connectivity index (χ2v) is 3.44. The van der Waals surface area contributed by atoms with Gasteiger partial charge in [0.15, 0.2) is 0 Å². The van der Waals surface area contributed by atoms with E-state index in [0.717, 1.165) is 11.6 Å². The number of amides is 1. The van der Waals surface area contributed by atoms with E-state index in [4.69, 9.17) is 10.8 Å². The van der Waals surface area contributed by atoms with Crippen molar-refractivity contribution in [2.24, 2.45) is 5.73 Å². The summed E-state index contributed by atoms with van der Waals surface area (Å²) in [7, 11) is 0. The molecule has 0 aromatic heterocycles. The van der Waals surface area contributed by atoms with Crippen LogP contribution in [-0.2, 0) is 9.59 Å². The lowest BCUT2D eigenvalue weighted by Crippen LogP contribution is -2.14. The molecule has 0 aliphatic carbocycles. The molecule has 0 aliphatic rings. The molecule has 4 nitrogen and oxygen atoms in total. The molecule has 0 spiro atoms. The van der Waals surface area contributed by atoms with E-state index >= 15 is 0 Å². The molecule has 0 radical (unpaired) electrons. The fourth-order valence-corrected chi connectivity index (χ4v) is 1.45. The van der Waals surface area contributed by atoms with Crippen LogP contribution in [-0.4, -0.2) is 17.0 Å². The smallest absolute Gasteiger partial charge is 0.332 e. The molecular weight excluding hydrogens is 206 g/mol. The van der Waals surface area contributed by atoms with Crippen LogP contribution in [0.4, 0.5) is 0 Å². The van der Waals surface area contributed by atoms with Gasteiger partial charge in [0.25, 0.3) is 0 Å². The Hall–Kier alpha value is -2.10. The van der Waals surface area contributed by atoms with E-state index in [9.17, 15) is 9.59 Å². The SMILES string of the molecule is CC(C(=CC(N)=O)C(=O)O)c1ccccc1. The van der Waals surface area contributed by atoms with Crippen molar-refractivity contribution in [1.82, 2.24) is 0 Å². The van der Waals surface area contributed by atoms with Crippen LogP contribution < -0.4 is 5.73 Å². The fourth-order valence-electron chi connectivity index (χ4n) is 1.45. The standard InChI is InChI=1S/C12H13NO3/c1-8(9-5-3-2-4-6-9)10(12(15)16)7-11(13)14/h2-8H,1H3,(H2,13,14)(H,15,16). The summed E-state index contributed by atoms with van der Waals surface area (Å²) in [4.78, 5) is 21.7. The summed E-state index contributed by atoms with van der Waals surface area (Å²) in [5.41, 5.74) is 5.80. The number of benzene rings is 1. The molecule has 1 atom stereocenters. The number of aliphatic carboxylic acids is 1. The monoisotopic (exact) mass is 219 g/mol. The van der Waals surface area contributed by atoms with Gasteiger partial charge in [-0.3, -0.25) is 4.79 Å². The van der Waals surface area contributed by atoms with Gasteiger partial charge in [-0.05, 0) is 5.56 Å². The maximum absolute atomic E-state index is 11.0. The molecule has 1 amide bonds. The molecular formula is C12H13NO3. The molecule has 0 fully saturated rings. The predicted molar refractivity (Wildman–Crippen MR) is 59.8 cm³/mol. The van der Waals surface area contributed by atoms with Crippen LogP contribution in [0.15, 0.2) is 42.0 Å². The van der Waals surface area contributed by atoms with Gasteiger partial charge in [0, 0.05) is 17.6 Å². The van der Waals surface area contributed by atoms with Crippen molar-refractivity contribution in [3.63, 3.8) is 0 Å². The molecule has 0 heterocycles. The van der Waals surface area contributed by atoms with Crippen LogP contribution in [0.1, 0.15) is 18.4 Å². The molecule has 0 saturated heterocycles. The Kier molecular flexibility index (Phi) is 3.83. The van der Waals surface area contributed by atoms with Crippen LogP contribution in [0.2, 0.25) is 0 Å². The number of rotatable bonds is 4. The van der Waals surface area contributed by atoms with Gasteiger partial charge < -0.3 is 10.8 Å². The highest BCUT2D eigenvalue weighted by molar-refractivity contribution is 5.98. The van der Waals surface area contributed by atoms with Gasteiger partial charge in [-0.1, -0.05) is 37.3 Å². The van der Waals surface area contributed by atoms with Crippen molar-refractivity contribution in [2.45, 2.75) is 12.8 Å². The average molecular weight is 219 g/mol. The Bertz CT molecular complexity index is 423. The third kappa shape index (κ3) is 2.95. The van der Waals surface area contributed by atoms with Crippen LogP contribution in [0.3, 0.4) is 0 Å². The molecule has 1 aromatic rings. The fraction of sp³-hybridized carbons (Fsp3) is 0.167. The summed E-state index contributed by atoms with van der Waals surface area (Å²) in [6.07, 6.45) is 0.958. The minimum Gasteiger partial charge on any atom is -0.478 e. The van der Waals surface area contributed by atoms with Crippen molar-refractivity contribution >= 4 is 11.9 Å². The molecule has 16 heavy (non-hydrogen) atoms. The van der Waals surface area contributed by atoms with Crippen LogP contribution in [0, 0.1) is 0 Å². The highest BCUT2D eigenvalue weighted by atomic mass is 16.4. The second kappa shape index (κ2) is 5.11. The van der Waals surface area contributed by atoms with E-state index in [-0.39, 0.29) is 11.5 Å². The van der Waals surface area contributed by atoms with Crippen LogP contribution in [0.25, 0.3) is 0 Å². The minimum absolute atomic E-state index is 0.00120. The quantitative estimate of drug-likeness (QED) is 0.748. The lowest BCUT2D eigenvalue weighted by molar-refractivity contribution is -0.133. The van der Waals surface area contributed by atoms with E-state index in [2.05, 4.69) is 0 Å².